The Kier molecular flexibility index (Phi) is 3.10. The van der Waals surface area contributed by atoms with Gasteiger partial charge in [-0.3, -0.25) is 0 Å². The van der Waals surface area contributed by atoms with Gasteiger partial charge in [-0.15, -0.1) is 0 Å². The first-order valence-corrected chi connectivity index (χ1v) is 4.78. The monoisotopic (exact) mass is 306 g/mol. The fourth-order valence-electron chi connectivity index (χ4n) is 1.04. The van der Waals surface area contributed by atoms with E-state index in [1.54, 1.807) is 6.92 Å². The number of aryl methyl sites for hydroxylation is 1. The van der Waals surface area contributed by atoms with E-state index in [2.05, 4.69) is 0 Å². The minimum absolute atomic E-state index is 0.171. The highest BCUT2D eigenvalue weighted by Crippen LogP contribution is 2.18. The molecule has 0 saturated carbocycles. The summed E-state index contributed by atoms with van der Waals surface area (Å²) in [6, 6.07) is 2.73. The first-order chi connectivity index (χ1) is 6.43. The molecule has 5 heteroatoms. The Bertz CT molecular complexity index is 373. The molecule has 0 unspecified atom stereocenters. The highest BCUT2D eigenvalue weighted by Gasteiger charge is 2.17. The summed E-state index contributed by atoms with van der Waals surface area (Å²) >= 11 is 1.97. The molecule has 74 valence electrons. The lowest BCUT2D eigenvalue weighted by molar-refractivity contribution is 0.0651. The van der Waals surface area contributed by atoms with Crippen molar-refractivity contribution < 1.29 is 19.8 Å². The van der Waals surface area contributed by atoms with E-state index in [4.69, 9.17) is 10.2 Å². The Balaban J connectivity index is 3.46. The van der Waals surface area contributed by atoms with Gasteiger partial charge in [0.15, 0.2) is 0 Å². The number of carboxylic acid groups (broad SMARTS) is 2. The number of rotatable bonds is 2. The maximum absolute atomic E-state index is 10.7. The zero-order chi connectivity index (χ0) is 10.9. The molecule has 0 heterocycles. The van der Waals surface area contributed by atoms with Gasteiger partial charge in [0.2, 0.25) is 0 Å². The van der Waals surface area contributed by atoms with Crippen LogP contribution in [-0.2, 0) is 0 Å². The number of aromatic carboxylic acids is 2. The Morgan fingerprint density at radius 1 is 1.14 bits per heavy atom. The van der Waals surface area contributed by atoms with Gasteiger partial charge in [0.1, 0.15) is 0 Å². The number of hydrogen-bond donors (Lipinski definition) is 2. The Labute approximate surface area is 93.7 Å². The molecule has 0 saturated heterocycles. The van der Waals surface area contributed by atoms with Crippen LogP contribution >= 0.6 is 22.6 Å². The lowest BCUT2D eigenvalue weighted by Crippen LogP contribution is -2.09. The first-order valence-electron chi connectivity index (χ1n) is 3.70. The summed E-state index contributed by atoms with van der Waals surface area (Å²) in [5, 5.41) is 17.5. The van der Waals surface area contributed by atoms with Gasteiger partial charge < -0.3 is 10.2 Å². The van der Waals surface area contributed by atoms with Crippen molar-refractivity contribution in [3.63, 3.8) is 0 Å². The van der Waals surface area contributed by atoms with Crippen molar-refractivity contribution in [1.82, 2.24) is 0 Å². The number of halogens is 1. The highest BCUT2D eigenvalue weighted by atomic mass is 127. The van der Waals surface area contributed by atoms with E-state index in [9.17, 15) is 9.59 Å². The second-order valence-corrected chi connectivity index (χ2v) is 3.92. The van der Waals surface area contributed by atoms with Crippen LogP contribution in [-0.4, -0.2) is 22.2 Å². The average molecular weight is 306 g/mol. The van der Waals surface area contributed by atoms with Crippen LogP contribution in [0.3, 0.4) is 0 Å². The third-order valence-corrected chi connectivity index (χ3v) is 2.92. The van der Waals surface area contributed by atoms with Crippen LogP contribution in [0.1, 0.15) is 26.3 Å². The minimum Gasteiger partial charge on any atom is -0.478 e. The minimum atomic E-state index is -1.22. The van der Waals surface area contributed by atoms with Crippen LogP contribution in [0.25, 0.3) is 0 Å². The summed E-state index contributed by atoms with van der Waals surface area (Å²) in [6.45, 7) is 1.74. The standard InChI is InChI=1S/C9H7IO4/c1-4-2-5(8(11)12)6(9(13)14)3-7(4)10/h2-3H,1H3,(H,11,12)(H,13,14). The van der Waals surface area contributed by atoms with Crippen LogP contribution in [0.15, 0.2) is 12.1 Å². The van der Waals surface area contributed by atoms with E-state index in [0.717, 1.165) is 9.13 Å². The molecule has 0 aliphatic carbocycles. The quantitative estimate of drug-likeness (QED) is 0.820. The molecule has 0 fully saturated rings. The topological polar surface area (TPSA) is 74.6 Å². The molecular formula is C9H7IO4. The number of carboxylic acids is 2. The molecule has 2 N–H and O–H groups in total. The van der Waals surface area contributed by atoms with Crippen LogP contribution in [0.5, 0.6) is 0 Å². The molecule has 14 heavy (non-hydrogen) atoms. The molecule has 0 atom stereocenters. The van der Waals surface area contributed by atoms with Crippen molar-refractivity contribution in [2.45, 2.75) is 6.92 Å². The van der Waals surface area contributed by atoms with Gasteiger partial charge in [-0.05, 0) is 47.2 Å². The molecule has 0 aliphatic rings. The smallest absolute Gasteiger partial charge is 0.336 e. The van der Waals surface area contributed by atoms with Gasteiger partial charge in [0.05, 0.1) is 11.1 Å². The zero-order valence-electron chi connectivity index (χ0n) is 7.24. The van der Waals surface area contributed by atoms with Crippen LogP contribution in [0, 0.1) is 10.5 Å². The van der Waals surface area contributed by atoms with Gasteiger partial charge in [0, 0.05) is 3.57 Å². The Morgan fingerprint density at radius 2 is 1.57 bits per heavy atom. The summed E-state index contributed by atoms with van der Waals surface area (Å²) < 4.78 is 0.741. The second-order valence-electron chi connectivity index (χ2n) is 2.76. The van der Waals surface area contributed by atoms with E-state index in [1.807, 2.05) is 22.6 Å². The molecule has 1 aromatic rings. The van der Waals surface area contributed by atoms with Crippen molar-refractivity contribution in [2.24, 2.45) is 0 Å². The van der Waals surface area contributed by atoms with Gasteiger partial charge in [0.25, 0.3) is 0 Å². The molecule has 4 nitrogen and oxygen atoms in total. The molecular weight excluding hydrogens is 299 g/mol. The molecule has 1 rings (SSSR count). The summed E-state index contributed by atoms with van der Waals surface area (Å²) in [4.78, 5) is 21.4. The van der Waals surface area contributed by atoms with E-state index in [0.29, 0.717) is 0 Å². The second kappa shape index (κ2) is 3.95. The molecule has 0 amide bonds. The van der Waals surface area contributed by atoms with Crippen molar-refractivity contribution in [3.8, 4) is 0 Å². The van der Waals surface area contributed by atoms with E-state index in [1.165, 1.54) is 12.1 Å². The van der Waals surface area contributed by atoms with Crippen molar-refractivity contribution >= 4 is 34.5 Å². The molecule has 0 radical (unpaired) electrons. The maximum atomic E-state index is 10.7. The van der Waals surface area contributed by atoms with Crippen LogP contribution in [0.2, 0.25) is 0 Å². The summed E-state index contributed by atoms with van der Waals surface area (Å²) in [6.07, 6.45) is 0. The lowest BCUT2D eigenvalue weighted by atomic mass is 10.0. The highest BCUT2D eigenvalue weighted by molar-refractivity contribution is 14.1. The Hall–Kier alpha value is -1.11. The third-order valence-electron chi connectivity index (χ3n) is 1.76. The lowest BCUT2D eigenvalue weighted by Gasteiger charge is -2.04. The van der Waals surface area contributed by atoms with Crippen LogP contribution in [0.4, 0.5) is 0 Å². The van der Waals surface area contributed by atoms with Crippen LogP contribution < -0.4 is 0 Å². The molecule has 0 spiro atoms. The summed E-state index contributed by atoms with van der Waals surface area (Å²) in [5.74, 6) is -2.44. The zero-order valence-corrected chi connectivity index (χ0v) is 9.40. The summed E-state index contributed by atoms with van der Waals surface area (Å²) in [5.41, 5.74) is 0.413. The molecule has 0 aromatic heterocycles. The third kappa shape index (κ3) is 2.03. The predicted octanol–water partition coefficient (Wildman–Crippen LogP) is 2.00. The normalized spacial score (nSPS) is 9.86. The summed E-state index contributed by atoms with van der Waals surface area (Å²) in [7, 11) is 0. The SMILES string of the molecule is Cc1cc(C(=O)O)c(C(=O)O)cc1I. The Morgan fingerprint density at radius 3 is 2.00 bits per heavy atom. The average Bonchev–Trinajstić information content (AvgIpc) is 2.08. The maximum Gasteiger partial charge on any atom is 0.336 e. The largest absolute Gasteiger partial charge is 0.478 e. The van der Waals surface area contributed by atoms with Crippen molar-refractivity contribution in [3.05, 3.63) is 32.4 Å². The first kappa shape index (κ1) is 11.0. The molecule has 0 aliphatic heterocycles. The van der Waals surface area contributed by atoms with E-state index >= 15 is 0 Å². The number of carbonyl (C=O) groups is 2. The fraction of sp³-hybridized carbons (Fsp3) is 0.111. The van der Waals surface area contributed by atoms with Crippen molar-refractivity contribution in [2.75, 3.05) is 0 Å². The van der Waals surface area contributed by atoms with E-state index < -0.39 is 11.9 Å². The van der Waals surface area contributed by atoms with Gasteiger partial charge >= 0.3 is 11.9 Å². The van der Waals surface area contributed by atoms with E-state index in [-0.39, 0.29) is 11.1 Å². The van der Waals surface area contributed by atoms with Gasteiger partial charge in [-0.1, -0.05) is 0 Å². The van der Waals surface area contributed by atoms with Gasteiger partial charge in [-0.25, -0.2) is 9.59 Å². The number of hydrogen-bond acceptors (Lipinski definition) is 2. The predicted molar refractivity (Wildman–Crippen MR) is 57.8 cm³/mol. The van der Waals surface area contributed by atoms with Gasteiger partial charge in [-0.2, -0.15) is 0 Å². The molecule has 1 aromatic carbocycles. The number of benzene rings is 1. The molecule has 0 bridgehead atoms. The van der Waals surface area contributed by atoms with Crippen molar-refractivity contribution in [1.29, 1.82) is 0 Å². The fourth-order valence-corrected chi connectivity index (χ4v) is 1.50.